The van der Waals surface area contributed by atoms with Crippen LogP contribution in [0.25, 0.3) is 5.69 Å². The van der Waals surface area contributed by atoms with E-state index in [1.54, 1.807) is 6.92 Å². The number of rotatable bonds is 6. The Kier molecular flexibility index (Phi) is 5.78. The maximum absolute atomic E-state index is 13.1. The average molecular weight is 414 g/mol. The summed E-state index contributed by atoms with van der Waals surface area (Å²) in [6.07, 6.45) is -0.646. The lowest BCUT2D eigenvalue weighted by Gasteiger charge is -2.31. The first kappa shape index (κ1) is 20.4. The molecule has 1 aromatic carbocycles. The van der Waals surface area contributed by atoms with Crippen LogP contribution in [0.3, 0.4) is 0 Å². The van der Waals surface area contributed by atoms with E-state index in [1.807, 2.05) is 47.6 Å². The third-order valence-corrected chi connectivity index (χ3v) is 5.41. The molecule has 2 aromatic rings. The van der Waals surface area contributed by atoms with E-state index < -0.39 is 6.10 Å². The molecule has 0 amide bonds. The molecule has 1 unspecified atom stereocenters. The summed E-state index contributed by atoms with van der Waals surface area (Å²) in [5, 5.41) is 0. The largest absolute Gasteiger partial charge is 0.464 e. The molecule has 0 aliphatic carbocycles. The van der Waals surface area contributed by atoms with Crippen LogP contribution in [0.15, 0.2) is 24.3 Å². The van der Waals surface area contributed by atoms with E-state index in [2.05, 4.69) is 0 Å². The molecule has 4 rings (SSSR count). The minimum Gasteiger partial charge on any atom is -0.464 e. The Hall–Kier alpha value is -2.84. The molecule has 8 heteroatoms. The predicted molar refractivity (Wildman–Crippen MR) is 109 cm³/mol. The zero-order chi connectivity index (χ0) is 21.3. The van der Waals surface area contributed by atoms with Crippen molar-refractivity contribution >= 4 is 11.8 Å². The van der Waals surface area contributed by atoms with Crippen LogP contribution in [0.1, 0.15) is 28.7 Å². The number of Topliss-reactive ketones (excluding diaryl/α,β-unsaturated/α-hetero) is 1. The fourth-order valence-corrected chi connectivity index (χ4v) is 3.98. The van der Waals surface area contributed by atoms with E-state index in [0.29, 0.717) is 37.6 Å². The van der Waals surface area contributed by atoms with Crippen molar-refractivity contribution in [3.8, 4) is 17.2 Å². The lowest BCUT2D eigenvalue weighted by Crippen LogP contribution is -2.48. The minimum absolute atomic E-state index is 0.0135. The van der Waals surface area contributed by atoms with Gasteiger partial charge in [-0.15, -0.1) is 0 Å². The smallest absolute Gasteiger partial charge is 0.336 e. The van der Waals surface area contributed by atoms with E-state index in [-0.39, 0.29) is 25.1 Å². The Morgan fingerprint density at radius 2 is 1.97 bits per heavy atom. The molecular formula is C22H26N2O6. The molecule has 1 aromatic heterocycles. The third kappa shape index (κ3) is 3.93. The third-order valence-electron chi connectivity index (χ3n) is 5.41. The number of aryl methyl sites for hydroxylation is 1. The SMILES string of the molecule is CCOC(=O)C1CN(CC(=O)c2cc(C)n(-c3ccc4c(c3)OCO4)c2C)CCO1. The average Bonchev–Trinajstić information content (AvgIpc) is 3.31. The van der Waals surface area contributed by atoms with Crippen LogP contribution in [0.5, 0.6) is 11.5 Å². The molecule has 0 saturated carbocycles. The molecule has 2 aliphatic rings. The number of aromatic nitrogens is 1. The molecule has 1 saturated heterocycles. The van der Waals surface area contributed by atoms with Crippen molar-refractivity contribution in [3.63, 3.8) is 0 Å². The summed E-state index contributed by atoms with van der Waals surface area (Å²) in [6, 6.07) is 7.66. The maximum atomic E-state index is 13.1. The van der Waals surface area contributed by atoms with Crippen molar-refractivity contribution < 1.29 is 28.5 Å². The Bertz CT molecular complexity index is 967. The summed E-state index contributed by atoms with van der Waals surface area (Å²) in [4.78, 5) is 27.0. The van der Waals surface area contributed by atoms with Crippen molar-refractivity contribution in [3.05, 3.63) is 41.2 Å². The molecule has 8 nitrogen and oxygen atoms in total. The highest BCUT2D eigenvalue weighted by Crippen LogP contribution is 2.35. The molecule has 0 radical (unpaired) electrons. The van der Waals surface area contributed by atoms with Gasteiger partial charge in [-0.3, -0.25) is 9.69 Å². The van der Waals surface area contributed by atoms with Crippen molar-refractivity contribution in [2.24, 2.45) is 0 Å². The highest BCUT2D eigenvalue weighted by atomic mass is 16.7. The van der Waals surface area contributed by atoms with Crippen LogP contribution in [-0.2, 0) is 14.3 Å². The van der Waals surface area contributed by atoms with Gasteiger partial charge >= 0.3 is 5.97 Å². The molecule has 160 valence electrons. The lowest BCUT2D eigenvalue weighted by molar-refractivity contribution is -0.162. The van der Waals surface area contributed by atoms with Gasteiger partial charge in [-0.2, -0.15) is 0 Å². The molecule has 30 heavy (non-hydrogen) atoms. The first-order valence-electron chi connectivity index (χ1n) is 10.1. The predicted octanol–water partition coefficient (Wildman–Crippen LogP) is 2.27. The summed E-state index contributed by atoms with van der Waals surface area (Å²) >= 11 is 0. The summed E-state index contributed by atoms with van der Waals surface area (Å²) in [7, 11) is 0. The van der Waals surface area contributed by atoms with Crippen LogP contribution in [0, 0.1) is 13.8 Å². The molecule has 0 N–H and O–H groups in total. The van der Waals surface area contributed by atoms with Crippen molar-refractivity contribution in [2.45, 2.75) is 26.9 Å². The quantitative estimate of drug-likeness (QED) is 0.530. The van der Waals surface area contributed by atoms with Crippen LogP contribution < -0.4 is 9.47 Å². The molecule has 1 atom stereocenters. The van der Waals surface area contributed by atoms with Gasteiger partial charge in [0.25, 0.3) is 0 Å². The van der Waals surface area contributed by atoms with Gasteiger partial charge in [0.15, 0.2) is 23.4 Å². The van der Waals surface area contributed by atoms with Crippen LogP contribution in [-0.4, -0.2) is 67.0 Å². The fraction of sp³-hybridized carbons (Fsp3) is 0.455. The zero-order valence-corrected chi connectivity index (χ0v) is 17.5. The van der Waals surface area contributed by atoms with Gasteiger partial charge < -0.3 is 23.5 Å². The molecule has 1 fully saturated rings. The molecule has 3 heterocycles. The van der Waals surface area contributed by atoms with Gasteiger partial charge in [0.2, 0.25) is 6.79 Å². The van der Waals surface area contributed by atoms with E-state index in [0.717, 1.165) is 22.8 Å². The number of fused-ring (bicyclic) bond motifs is 1. The van der Waals surface area contributed by atoms with Gasteiger partial charge in [0.1, 0.15) is 0 Å². The lowest BCUT2D eigenvalue weighted by atomic mass is 10.1. The monoisotopic (exact) mass is 414 g/mol. The van der Waals surface area contributed by atoms with Gasteiger partial charge in [-0.1, -0.05) is 0 Å². The van der Waals surface area contributed by atoms with Crippen molar-refractivity contribution in [1.82, 2.24) is 9.47 Å². The number of nitrogens with zero attached hydrogens (tertiary/aromatic N) is 2. The van der Waals surface area contributed by atoms with E-state index in [9.17, 15) is 9.59 Å². The number of esters is 1. The molecule has 0 bridgehead atoms. The summed E-state index contributed by atoms with van der Waals surface area (Å²) < 4.78 is 23.4. The van der Waals surface area contributed by atoms with E-state index in [1.165, 1.54) is 0 Å². The number of morpholine rings is 1. The standard InChI is InChI=1S/C22H26N2O6/c1-4-27-22(26)21-12-23(7-8-28-21)11-18(25)17-9-14(2)24(15(17)3)16-5-6-19-20(10-16)30-13-29-19/h5-6,9-10,21H,4,7-8,11-13H2,1-3H3. The van der Waals surface area contributed by atoms with E-state index >= 15 is 0 Å². The van der Waals surface area contributed by atoms with Crippen LogP contribution in [0.4, 0.5) is 0 Å². The number of ketones is 1. The van der Waals surface area contributed by atoms with Gasteiger partial charge in [-0.05, 0) is 39.0 Å². The van der Waals surface area contributed by atoms with E-state index in [4.69, 9.17) is 18.9 Å². The van der Waals surface area contributed by atoms with Crippen LogP contribution >= 0.6 is 0 Å². The highest BCUT2D eigenvalue weighted by Gasteiger charge is 2.29. The second kappa shape index (κ2) is 8.49. The number of carbonyl (C=O) groups is 2. The highest BCUT2D eigenvalue weighted by molar-refractivity contribution is 5.99. The Balaban J connectivity index is 1.50. The topological polar surface area (TPSA) is 79.2 Å². The zero-order valence-electron chi connectivity index (χ0n) is 17.5. The second-order valence-electron chi connectivity index (χ2n) is 7.43. The van der Waals surface area contributed by atoms with Gasteiger partial charge in [0, 0.05) is 41.8 Å². The van der Waals surface area contributed by atoms with Crippen molar-refractivity contribution in [1.29, 1.82) is 0 Å². The fourth-order valence-electron chi connectivity index (χ4n) is 3.98. The first-order chi connectivity index (χ1) is 14.5. The number of carbonyl (C=O) groups excluding carboxylic acids is 2. The Morgan fingerprint density at radius 1 is 1.17 bits per heavy atom. The Morgan fingerprint density at radius 3 is 2.77 bits per heavy atom. The summed E-state index contributed by atoms with van der Waals surface area (Å²) in [6.45, 7) is 7.77. The summed E-state index contributed by atoms with van der Waals surface area (Å²) in [5.74, 6) is 1.06. The number of benzene rings is 1. The Labute approximate surface area is 175 Å². The van der Waals surface area contributed by atoms with Gasteiger partial charge in [-0.25, -0.2) is 4.79 Å². The molecule has 2 aliphatic heterocycles. The number of hydrogen-bond acceptors (Lipinski definition) is 7. The summed E-state index contributed by atoms with van der Waals surface area (Å²) in [5.41, 5.74) is 3.42. The second-order valence-corrected chi connectivity index (χ2v) is 7.43. The molecular weight excluding hydrogens is 388 g/mol. The number of hydrogen-bond donors (Lipinski definition) is 0. The molecule has 0 spiro atoms. The number of ether oxygens (including phenoxy) is 4. The van der Waals surface area contributed by atoms with Gasteiger partial charge in [0.05, 0.1) is 19.8 Å². The first-order valence-corrected chi connectivity index (χ1v) is 10.1. The van der Waals surface area contributed by atoms with Crippen molar-refractivity contribution in [2.75, 3.05) is 39.6 Å². The van der Waals surface area contributed by atoms with Crippen LogP contribution in [0.2, 0.25) is 0 Å². The normalized spacial score (nSPS) is 18.4. The minimum atomic E-state index is -0.646. The maximum Gasteiger partial charge on any atom is 0.336 e.